The fraction of sp³-hybridized carbons (Fsp3) is 0.250. The summed E-state index contributed by atoms with van der Waals surface area (Å²) < 4.78 is 12.3. The molecule has 0 aliphatic heterocycles. The maximum atomic E-state index is 6.14. The van der Waals surface area contributed by atoms with Crippen LogP contribution in [0.2, 0.25) is 0 Å². The highest BCUT2D eigenvalue weighted by Crippen LogP contribution is 2.47. The maximum Gasteiger partial charge on any atom is 0.130 e. The van der Waals surface area contributed by atoms with Gasteiger partial charge in [-0.1, -0.05) is 72.8 Å². The zero-order chi connectivity index (χ0) is 24.2. The molecule has 0 aromatic heterocycles. The van der Waals surface area contributed by atoms with E-state index in [0.29, 0.717) is 0 Å². The Bertz CT molecular complexity index is 1190. The summed E-state index contributed by atoms with van der Waals surface area (Å²) in [5.74, 6) is 1.87. The summed E-state index contributed by atoms with van der Waals surface area (Å²) in [6.07, 6.45) is 1.64. The van der Waals surface area contributed by atoms with Crippen molar-refractivity contribution in [2.24, 2.45) is 0 Å². The van der Waals surface area contributed by atoms with E-state index >= 15 is 0 Å². The lowest BCUT2D eigenvalue weighted by atomic mass is 9.85. The molecule has 0 heterocycles. The van der Waals surface area contributed by atoms with Crippen LogP contribution in [-0.4, -0.2) is 14.2 Å². The van der Waals surface area contributed by atoms with Crippen molar-refractivity contribution in [3.63, 3.8) is 0 Å². The molecule has 0 aliphatic rings. The number of methoxy groups -OCH3 is 2. The van der Waals surface area contributed by atoms with Gasteiger partial charge in [-0.05, 0) is 72.2 Å². The molecular weight excluding hydrogens is 416 g/mol. The monoisotopic (exact) mass is 450 g/mol. The van der Waals surface area contributed by atoms with E-state index in [-0.39, 0.29) is 0 Å². The first-order valence-electron chi connectivity index (χ1n) is 11.9. The Morgan fingerprint density at radius 1 is 0.529 bits per heavy atom. The highest BCUT2D eigenvalue weighted by molar-refractivity contribution is 5.85. The predicted molar refractivity (Wildman–Crippen MR) is 142 cm³/mol. The second-order valence-corrected chi connectivity index (χ2v) is 9.10. The molecule has 0 amide bonds. The summed E-state index contributed by atoms with van der Waals surface area (Å²) >= 11 is 0. The average molecular weight is 451 g/mol. The van der Waals surface area contributed by atoms with Gasteiger partial charge in [0, 0.05) is 24.0 Å². The van der Waals surface area contributed by atoms with Crippen LogP contribution >= 0.6 is 0 Å². The van der Waals surface area contributed by atoms with Crippen molar-refractivity contribution >= 4 is 0 Å². The number of benzene rings is 4. The molecule has 2 nitrogen and oxygen atoms in total. The highest BCUT2D eigenvalue weighted by atomic mass is 16.5. The molecule has 0 bridgehead atoms. The molecule has 0 N–H and O–H groups in total. The molecule has 0 fully saturated rings. The van der Waals surface area contributed by atoms with Crippen LogP contribution in [0, 0.1) is 27.7 Å². The predicted octanol–water partition coefficient (Wildman–Crippen LogP) is 7.79. The minimum Gasteiger partial charge on any atom is -0.496 e. The number of hydrogen-bond acceptors (Lipinski definition) is 2. The van der Waals surface area contributed by atoms with E-state index in [1.807, 2.05) is 0 Å². The van der Waals surface area contributed by atoms with Crippen LogP contribution in [0.25, 0.3) is 11.1 Å². The molecule has 0 saturated heterocycles. The van der Waals surface area contributed by atoms with Crippen molar-refractivity contribution in [1.29, 1.82) is 0 Å². The van der Waals surface area contributed by atoms with Gasteiger partial charge in [0.25, 0.3) is 0 Å². The molecule has 4 aromatic carbocycles. The number of rotatable bonds is 7. The Balaban J connectivity index is 1.96. The Labute approximate surface area is 204 Å². The Morgan fingerprint density at radius 3 is 1.21 bits per heavy atom. The normalized spacial score (nSPS) is 10.9. The van der Waals surface area contributed by atoms with Gasteiger partial charge in [0.05, 0.1) is 14.2 Å². The third-order valence-corrected chi connectivity index (χ3v) is 6.88. The van der Waals surface area contributed by atoms with Crippen molar-refractivity contribution < 1.29 is 9.47 Å². The third kappa shape index (κ3) is 4.59. The zero-order valence-corrected chi connectivity index (χ0v) is 21.2. The van der Waals surface area contributed by atoms with Crippen molar-refractivity contribution in [2.75, 3.05) is 14.2 Å². The summed E-state index contributed by atoms with van der Waals surface area (Å²) in [4.78, 5) is 0. The van der Waals surface area contributed by atoms with Gasteiger partial charge in [-0.25, -0.2) is 0 Å². The Hall–Kier alpha value is -3.52. The topological polar surface area (TPSA) is 18.5 Å². The number of hydrogen-bond donors (Lipinski definition) is 0. The van der Waals surface area contributed by atoms with Crippen molar-refractivity contribution in [3.05, 3.63) is 117 Å². The van der Waals surface area contributed by atoms with Gasteiger partial charge in [0.2, 0.25) is 0 Å². The van der Waals surface area contributed by atoms with Gasteiger partial charge in [-0.2, -0.15) is 0 Å². The number of ether oxygens (including phenoxy) is 2. The standard InChI is InChI=1S/C32H34O2/c1-21-17-27(19-25-13-9-7-10-14-25)31(33-5)29(23(21)3)30-24(4)22(2)18-28(32(30)34-6)20-26-15-11-8-12-16-26/h7-18H,19-20H2,1-6H3. The van der Waals surface area contributed by atoms with Crippen molar-refractivity contribution in [2.45, 2.75) is 40.5 Å². The summed E-state index contributed by atoms with van der Waals surface area (Å²) in [7, 11) is 3.56. The second-order valence-electron chi connectivity index (χ2n) is 9.10. The Morgan fingerprint density at radius 2 is 0.882 bits per heavy atom. The van der Waals surface area contributed by atoms with Crippen molar-refractivity contribution in [3.8, 4) is 22.6 Å². The molecule has 0 saturated carbocycles. The molecule has 0 aliphatic carbocycles. The van der Waals surface area contributed by atoms with Gasteiger partial charge >= 0.3 is 0 Å². The highest BCUT2D eigenvalue weighted by Gasteiger charge is 2.24. The molecule has 4 rings (SSSR count). The molecule has 174 valence electrons. The SMILES string of the molecule is COc1c(Cc2ccccc2)cc(C)c(C)c1-c1c(C)c(C)cc(Cc2ccccc2)c1OC. The zero-order valence-electron chi connectivity index (χ0n) is 21.2. The first-order chi connectivity index (χ1) is 16.4. The van der Waals surface area contributed by atoms with Crippen LogP contribution in [0.5, 0.6) is 11.5 Å². The molecule has 34 heavy (non-hydrogen) atoms. The van der Waals surface area contributed by atoms with Crippen LogP contribution in [0.1, 0.15) is 44.5 Å². The smallest absolute Gasteiger partial charge is 0.130 e. The van der Waals surface area contributed by atoms with E-state index < -0.39 is 0 Å². The van der Waals surface area contributed by atoms with Gasteiger partial charge in [-0.3, -0.25) is 0 Å². The lowest BCUT2D eigenvalue weighted by molar-refractivity contribution is 0.405. The first-order valence-corrected chi connectivity index (χ1v) is 11.9. The minimum absolute atomic E-state index is 0.822. The second kappa shape index (κ2) is 10.2. The fourth-order valence-corrected chi connectivity index (χ4v) is 4.89. The van der Waals surface area contributed by atoms with Crippen LogP contribution < -0.4 is 9.47 Å². The van der Waals surface area contributed by atoms with Crippen molar-refractivity contribution in [1.82, 2.24) is 0 Å². The summed E-state index contributed by atoms with van der Waals surface area (Å²) in [5.41, 5.74) is 12.2. The number of aryl methyl sites for hydroxylation is 2. The third-order valence-electron chi connectivity index (χ3n) is 6.88. The lowest BCUT2D eigenvalue weighted by Crippen LogP contribution is -2.05. The molecule has 4 aromatic rings. The summed E-state index contributed by atoms with van der Waals surface area (Å²) in [6.45, 7) is 8.76. The van der Waals surface area contributed by atoms with Gasteiger partial charge in [-0.15, -0.1) is 0 Å². The van der Waals surface area contributed by atoms with E-state index in [0.717, 1.165) is 35.5 Å². The molecule has 2 heteroatoms. The van der Waals surface area contributed by atoms with E-state index in [1.165, 1.54) is 44.5 Å². The largest absolute Gasteiger partial charge is 0.496 e. The molecule has 0 atom stereocenters. The molecule has 0 radical (unpaired) electrons. The Kier molecular flexibility index (Phi) is 7.07. The van der Waals surface area contributed by atoms with E-state index in [2.05, 4.69) is 100 Å². The van der Waals surface area contributed by atoms with Gasteiger partial charge in [0.1, 0.15) is 11.5 Å². The average Bonchev–Trinajstić information content (AvgIpc) is 2.84. The van der Waals surface area contributed by atoms with Gasteiger partial charge < -0.3 is 9.47 Å². The lowest BCUT2D eigenvalue weighted by Gasteiger charge is -2.24. The maximum absolute atomic E-state index is 6.14. The fourth-order valence-electron chi connectivity index (χ4n) is 4.89. The molecule has 0 spiro atoms. The van der Waals surface area contributed by atoms with Crippen LogP contribution in [0.3, 0.4) is 0 Å². The summed E-state index contributed by atoms with van der Waals surface area (Å²) in [6, 6.07) is 25.7. The summed E-state index contributed by atoms with van der Waals surface area (Å²) in [5, 5.41) is 0. The first kappa shape index (κ1) is 23.6. The van der Waals surface area contributed by atoms with E-state index in [1.54, 1.807) is 14.2 Å². The minimum atomic E-state index is 0.822. The molecular formula is C32H34O2. The van der Waals surface area contributed by atoms with E-state index in [4.69, 9.17) is 9.47 Å². The van der Waals surface area contributed by atoms with Crippen LogP contribution in [-0.2, 0) is 12.8 Å². The van der Waals surface area contributed by atoms with Crippen LogP contribution in [0.4, 0.5) is 0 Å². The van der Waals surface area contributed by atoms with Gasteiger partial charge in [0.15, 0.2) is 0 Å². The van der Waals surface area contributed by atoms with Crippen LogP contribution in [0.15, 0.2) is 72.8 Å². The molecule has 0 unspecified atom stereocenters. The quantitative estimate of drug-likeness (QED) is 0.286. The van der Waals surface area contributed by atoms with E-state index in [9.17, 15) is 0 Å².